The molecule has 24 heavy (non-hydrogen) atoms. The molecule has 2 fully saturated rings. The lowest BCUT2D eigenvalue weighted by molar-refractivity contribution is 0.145. The van der Waals surface area contributed by atoms with Crippen LogP contribution in [0.25, 0.3) is 6.08 Å². The summed E-state index contributed by atoms with van der Waals surface area (Å²) < 4.78 is 27.0. The van der Waals surface area contributed by atoms with Crippen molar-refractivity contribution >= 4 is 27.9 Å². The highest BCUT2D eigenvalue weighted by Crippen LogP contribution is 2.26. The Morgan fingerprint density at radius 1 is 1.17 bits per heavy atom. The van der Waals surface area contributed by atoms with Gasteiger partial charge < -0.3 is 0 Å². The van der Waals surface area contributed by atoms with Crippen LogP contribution in [0.3, 0.4) is 0 Å². The predicted molar refractivity (Wildman–Crippen MR) is 102 cm³/mol. The van der Waals surface area contributed by atoms with Crippen molar-refractivity contribution in [1.29, 1.82) is 0 Å². The zero-order valence-electron chi connectivity index (χ0n) is 13.9. The van der Waals surface area contributed by atoms with E-state index in [0.29, 0.717) is 12.5 Å². The first-order chi connectivity index (χ1) is 11.6. The standard InChI is InChI=1S/C18H26N2O2S2/c21-24(22,13-9-16-4-2-1-3-5-16)19-14-17-6-10-20(11-7-17)18-8-12-23-15-18/h1-5,9,13,17-19H,6-8,10-12,14-15H2/b13-9+/t18-/m1/s1. The van der Waals surface area contributed by atoms with E-state index in [1.165, 1.54) is 23.3 Å². The SMILES string of the molecule is O=S(=O)(/C=C/c1ccccc1)NCC1CCN([C@@H]2CCSC2)CC1. The number of nitrogens with one attached hydrogen (secondary N) is 1. The second-order valence-electron chi connectivity index (χ2n) is 6.60. The van der Waals surface area contributed by atoms with Crippen molar-refractivity contribution in [3.8, 4) is 0 Å². The van der Waals surface area contributed by atoms with Crippen molar-refractivity contribution in [1.82, 2.24) is 9.62 Å². The predicted octanol–water partition coefficient (Wildman–Crippen LogP) is 2.79. The Hall–Kier alpha value is -0.820. The van der Waals surface area contributed by atoms with Gasteiger partial charge in [-0.05, 0) is 55.7 Å². The molecule has 3 rings (SSSR count). The maximum Gasteiger partial charge on any atom is 0.233 e. The van der Waals surface area contributed by atoms with Gasteiger partial charge in [0.2, 0.25) is 10.0 Å². The normalized spacial score (nSPS) is 23.9. The summed E-state index contributed by atoms with van der Waals surface area (Å²) in [6, 6.07) is 10.3. The quantitative estimate of drug-likeness (QED) is 0.841. The molecule has 0 aromatic heterocycles. The molecule has 0 amide bonds. The lowest BCUT2D eigenvalue weighted by Gasteiger charge is -2.35. The second-order valence-corrected chi connectivity index (χ2v) is 9.40. The highest BCUT2D eigenvalue weighted by Gasteiger charge is 2.27. The molecule has 6 heteroatoms. The van der Waals surface area contributed by atoms with Crippen LogP contribution in [0, 0.1) is 5.92 Å². The Labute approximate surface area is 149 Å². The highest BCUT2D eigenvalue weighted by molar-refractivity contribution is 7.99. The van der Waals surface area contributed by atoms with Gasteiger partial charge in [-0.25, -0.2) is 13.1 Å². The summed E-state index contributed by atoms with van der Waals surface area (Å²) in [4.78, 5) is 2.60. The number of hydrogen-bond acceptors (Lipinski definition) is 4. The molecule has 0 saturated carbocycles. The number of thioether (sulfide) groups is 1. The van der Waals surface area contributed by atoms with Gasteiger partial charge >= 0.3 is 0 Å². The largest absolute Gasteiger partial charge is 0.300 e. The molecule has 0 aliphatic carbocycles. The first-order valence-corrected chi connectivity index (χ1v) is 11.4. The van der Waals surface area contributed by atoms with Crippen LogP contribution in [0.2, 0.25) is 0 Å². The lowest BCUT2D eigenvalue weighted by Crippen LogP contribution is -2.43. The molecular formula is C18H26N2O2S2. The van der Waals surface area contributed by atoms with Crippen LogP contribution in [0.4, 0.5) is 0 Å². The molecule has 0 bridgehead atoms. The van der Waals surface area contributed by atoms with Crippen molar-refractivity contribution in [2.75, 3.05) is 31.1 Å². The maximum atomic E-state index is 12.1. The van der Waals surface area contributed by atoms with Crippen LogP contribution in [-0.2, 0) is 10.0 Å². The minimum atomic E-state index is -3.36. The molecule has 2 aliphatic rings. The van der Waals surface area contributed by atoms with Crippen LogP contribution < -0.4 is 4.72 Å². The number of likely N-dealkylation sites (tertiary alicyclic amines) is 1. The van der Waals surface area contributed by atoms with Crippen LogP contribution >= 0.6 is 11.8 Å². The number of benzene rings is 1. The van der Waals surface area contributed by atoms with Gasteiger partial charge in [-0.3, -0.25) is 4.90 Å². The number of nitrogens with zero attached hydrogens (tertiary/aromatic N) is 1. The zero-order valence-corrected chi connectivity index (χ0v) is 15.6. The third kappa shape index (κ3) is 5.34. The Morgan fingerprint density at radius 2 is 1.92 bits per heavy atom. The van der Waals surface area contributed by atoms with E-state index in [2.05, 4.69) is 21.4 Å². The Bertz CT molecular complexity index is 632. The van der Waals surface area contributed by atoms with Crippen molar-refractivity contribution in [3.05, 3.63) is 41.3 Å². The zero-order chi connectivity index (χ0) is 16.8. The fraction of sp³-hybridized carbons (Fsp3) is 0.556. The molecule has 0 radical (unpaired) electrons. The van der Waals surface area contributed by atoms with Crippen molar-refractivity contribution in [2.24, 2.45) is 5.92 Å². The Balaban J connectivity index is 1.43. The van der Waals surface area contributed by atoms with Crippen LogP contribution in [0.15, 0.2) is 35.7 Å². The van der Waals surface area contributed by atoms with Gasteiger partial charge in [0, 0.05) is 23.7 Å². The van der Waals surface area contributed by atoms with E-state index in [4.69, 9.17) is 0 Å². The first-order valence-electron chi connectivity index (χ1n) is 8.67. The van der Waals surface area contributed by atoms with Crippen LogP contribution in [0.5, 0.6) is 0 Å². The van der Waals surface area contributed by atoms with Crippen LogP contribution in [-0.4, -0.2) is 50.5 Å². The topological polar surface area (TPSA) is 49.4 Å². The van der Waals surface area contributed by atoms with E-state index in [-0.39, 0.29) is 0 Å². The average Bonchev–Trinajstić information content (AvgIpc) is 3.15. The first kappa shape index (κ1) is 18.0. The summed E-state index contributed by atoms with van der Waals surface area (Å²) >= 11 is 2.05. The summed E-state index contributed by atoms with van der Waals surface area (Å²) in [7, 11) is -3.36. The van der Waals surface area contributed by atoms with E-state index in [0.717, 1.165) is 37.5 Å². The van der Waals surface area contributed by atoms with E-state index in [1.54, 1.807) is 6.08 Å². The smallest absolute Gasteiger partial charge is 0.233 e. The molecule has 4 nitrogen and oxygen atoms in total. The summed E-state index contributed by atoms with van der Waals surface area (Å²) in [6.45, 7) is 2.77. The Kier molecular flexibility index (Phi) is 6.38. The number of hydrogen-bond donors (Lipinski definition) is 1. The van der Waals surface area contributed by atoms with Gasteiger partial charge in [0.25, 0.3) is 0 Å². The molecule has 0 spiro atoms. The van der Waals surface area contributed by atoms with Crippen LogP contribution in [0.1, 0.15) is 24.8 Å². The van der Waals surface area contributed by atoms with Gasteiger partial charge in [0.1, 0.15) is 0 Å². The number of piperidine rings is 1. The minimum Gasteiger partial charge on any atom is -0.300 e. The molecule has 1 N–H and O–H groups in total. The Morgan fingerprint density at radius 3 is 2.58 bits per heavy atom. The molecule has 2 heterocycles. The molecule has 0 unspecified atom stereocenters. The van der Waals surface area contributed by atoms with E-state index in [9.17, 15) is 8.42 Å². The maximum absolute atomic E-state index is 12.1. The molecule has 2 saturated heterocycles. The van der Waals surface area contributed by atoms with Gasteiger partial charge in [-0.1, -0.05) is 30.3 Å². The summed E-state index contributed by atoms with van der Waals surface area (Å²) in [5, 5.41) is 1.27. The van der Waals surface area contributed by atoms with E-state index >= 15 is 0 Å². The fourth-order valence-corrected chi connectivity index (χ4v) is 5.50. The fourth-order valence-electron chi connectivity index (χ4n) is 3.35. The third-order valence-electron chi connectivity index (χ3n) is 4.88. The summed E-state index contributed by atoms with van der Waals surface area (Å²) in [5.41, 5.74) is 0.894. The van der Waals surface area contributed by atoms with Gasteiger partial charge in [-0.15, -0.1) is 0 Å². The van der Waals surface area contributed by atoms with Gasteiger partial charge in [-0.2, -0.15) is 11.8 Å². The monoisotopic (exact) mass is 366 g/mol. The minimum absolute atomic E-state index is 0.454. The van der Waals surface area contributed by atoms with Gasteiger partial charge in [0.15, 0.2) is 0 Å². The highest BCUT2D eigenvalue weighted by atomic mass is 32.2. The molecule has 1 aromatic carbocycles. The second kappa shape index (κ2) is 8.52. The van der Waals surface area contributed by atoms with Crippen molar-refractivity contribution in [2.45, 2.75) is 25.3 Å². The average molecular weight is 367 g/mol. The number of rotatable bonds is 6. The number of sulfonamides is 1. The third-order valence-corrected chi connectivity index (χ3v) is 7.09. The molecular weight excluding hydrogens is 340 g/mol. The summed E-state index contributed by atoms with van der Waals surface area (Å²) in [5.74, 6) is 3.01. The van der Waals surface area contributed by atoms with Crippen molar-refractivity contribution < 1.29 is 8.42 Å². The molecule has 1 atom stereocenters. The molecule has 132 valence electrons. The van der Waals surface area contributed by atoms with E-state index in [1.807, 2.05) is 30.3 Å². The van der Waals surface area contributed by atoms with Crippen molar-refractivity contribution in [3.63, 3.8) is 0 Å². The summed E-state index contributed by atoms with van der Waals surface area (Å²) in [6.07, 6.45) is 5.13. The van der Waals surface area contributed by atoms with E-state index < -0.39 is 10.0 Å². The molecule has 1 aromatic rings. The molecule has 2 aliphatic heterocycles. The lowest BCUT2D eigenvalue weighted by atomic mass is 9.96. The van der Waals surface area contributed by atoms with Gasteiger partial charge in [0.05, 0.1) is 0 Å².